The Labute approximate surface area is 152 Å². The van der Waals surface area contributed by atoms with E-state index in [2.05, 4.69) is 10.6 Å². The lowest BCUT2D eigenvalue weighted by atomic mass is 10.0. The number of carbonyl (C=O) groups excluding carboxylic acids is 2. The molecular formula is C18H14ClF3N2O2. The van der Waals surface area contributed by atoms with Crippen molar-refractivity contribution in [3.05, 3.63) is 63.4 Å². The highest BCUT2D eigenvalue weighted by Gasteiger charge is 2.26. The summed E-state index contributed by atoms with van der Waals surface area (Å²) in [6.45, 7) is 1.48. The van der Waals surface area contributed by atoms with Gasteiger partial charge in [-0.2, -0.15) is 0 Å². The molecule has 1 atom stereocenters. The summed E-state index contributed by atoms with van der Waals surface area (Å²) in [6, 6.07) is 5.74. The first-order valence-corrected chi connectivity index (χ1v) is 8.15. The number of rotatable bonds is 4. The summed E-state index contributed by atoms with van der Waals surface area (Å²) in [6.07, 6.45) is -2.85. The first kappa shape index (κ1) is 18.3. The van der Waals surface area contributed by atoms with Gasteiger partial charge in [0, 0.05) is 10.6 Å². The van der Waals surface area contributed by atoms with Gasteiger partial charge in [0.05, 0.1) is 29.3 Å². The standard InChI is InChI=1S/C18H14ClF3N2O2/c1-8(11-3-2-4-12(15(11)20)17(21)22)23-18(26)13-7-10(19)5-9-6-14(25)24-16(9)13/h2-5,7-8,17H,6H2,1H3,(H,23,26)(H,24,25)/t8-/m1/s1. The molecule has 0 aliphatic carbocycles. The van der Waals surface area contributed by atoms with E-state index in [1.807, 2.05) is 0 Å². The lowest BCUT2D eigenvalue weighted by Gasteiger charge is -2.18. The molecule has 2 N–H and O–H groups in total. The first-order chi connectivity index (χ1) is 12.3. The SMILES string of the molecule is C[C@@H](NC(=O)c1cc(Cl)cc2c1NC(=O)C2)c1cccc(C(F)F)c1F. The number of benzene rings is 2. The van der Waals surface area contributed by atoms with Crippen LogP contribution in [0.3, 0.4) is 0 Å². The third-order valence-electron chi connectivity index (χ3n) is 4.15. The first-order valence-electron chi connectivity index (χ1n) is 7.77. The Kier molecular flexibility index (Phi) is 4.91. The van der Waals surface area contributed by atoms with Crippen LogP contribution in [0.25, 0.3) is 0 Å². The molecule has 0 bridgehead atoms. The summed E-state index contributed by atoms with van der Waals surface area (Å²) in [7, 11) is 0. The van der Waals surface area contributed by atoms with Crippen LogP contribution < -0.4 is 10.6 Å². The quantitative estimate of drug-likeness (QED) is 0.823. The van der Waals surface area contributed by atoms with Gasteiger partial charge < -0.3 is 10.6 Å². The summed E-state index contributed by atoms with van der Waals surface area (Å²) in [4.78, 5) is 24.2. The average Bonchev–Trinajstić information content (AvgIpc) is 2.93. The summed E-state index contributed by atoms with van der Waals surface area (Å²) in [5.74, 6) is -1.92. The van der Waals surface area contributed by atoms with E-state index in [1.165, 1.54) is 25.1 Å². The molecule has 8 heteroatoms. The molecule has 136 valence electrons. The van der Waals surface area contributed by atoms with Crippen molar-refractivity contribution in [1.82, 2.24) is 5.32 Å². The van der Waals surface area contributed by atoms with Crippen LogP contribution in [0.4, 0.5) is 18.9 Å². The fourth-order valence-corrected chi connectivity index (χ4v) is 3.15. The number of amides is 2. The van der Waals surface area contributed by atoms with Crippen molar-refractivity contribution in [3.63, 3.8) is 0 Å². The van der Waals surface area contributed by atoms with Crippen LogP contribution in [-0.4, -0.2) is 11.8 Å². The number of halogens is 4. The minimum absolute atomic E-state index is 0.0566. The number of fused-ring (bicyclic) bond motifs is 1. The molecule has 0 unspecified atom stereocenters. The van der Waals surface area contributed by atoms with E-state index in [-0.39, 0.29) is 28.5 Å². The number of anilines is 1. The van der Waals surface area contributed by atoms with Gasteiger partial charge in [0.2, 0.25) is 5.91 Å². The van der Waals surface area contributed by atoms with Crippen molar-refractivity contribution in [2.24, 2.45) is 0 Å². The summed E-state index contributed by atoms with van der Waals surface area (Å²) >= 11 is 5.99. The van der Waals surface area contributed by atoms with E-state index >= 15 is 0 Å². The zero-order chi connectivity index (χ0) is 19.0. The molecule has 0 aromatic heterocycles. The van der Waals surface area contributed by atoms with Crippen LogP contribution in [0.15, 0.2) is 30.3 Å². The van der Waals surface area contributed by atoms with Crippen molar-refractivity contribution in [2.75, 3.05) is 5.32 Å². The van der Waals surface area contributed by atoms with E-state index in [0.29, 0.717) is 11.3 Å². The van der Waals surface area contributed by atoms with Gasteiger partial charge in [-0.05, 0) is 24.6 Å². The maximum absolute atomic E-state index is 14.3. The number of nitrogens with one attached hydrogen (secondary N) is 2. The van der Waals surface area contributed by atoms with E-state index in [9.17, 15) is 22.8 Å². The van der Waals surface area contributed by atoms with E-state index in [0.717, 1.165) is 6.07 Å². The summed E-state index contributed by atoms with van der Waals surface area (Å²) in [5.41, 5.74) is 0.297. The smallest absolute Gasteiger partial charge is 0.266 e. The van der Waals surface area contributed by atoms with Gasteiger partial charge in [-0.3, -0.25) is 9.59 Å². The number of carbonyl (C=O) groups is 2. The van der Waals surface area contributed by atoms with Crippen molar-refractivity contribution in [3.8, 4) is 0 Å². The molecule has 0 saturated heterocycles. The van der Waals surface area contributed by atoms with Crippen LogP contribution in [0, 0.1) is 5.82 Å². The molecular weight excluding hydrogens is 369 g/mol. The molecule has 0 fully saturated rings. The Balaban J connectivity index is 1.88. The Hall–Kier alpha value is -2.54. The molecule has 1 aliphatic heterocycles. The van der Waals surface area contributed by atoms with Crippen molar-refractivity contribution >= 4 is 29.1 Å². The lowest BCUT2D eigenvalue weighted by molar-refractivity contribution is -0.115. The van der Waals surface area contributed by atoms with E-state index in [1.54, 1.807) is 6.07 Å². The molecule has 2 aromatic carbocycles. The van der Waals surface area contributed by atoms with Gasteiger partial charge in [-0.15, -0.1) is 0 Å². The van der Waals surface area contributed by atoms with Crippen LogP contribution in [-0.2, 0) is 11.2 Å². The fourth-order valence-electron chi connectivity index (χ4n) is 2.91. The summed E-state index contributed by atoms with van der Waals surface area (Å²) < 4.78 is 39.9. The largest absolute Gasteiger partial charge is 0.345 e. The topological polar surface area (TPSA) is 58.2 Å². The average molecular weight is 383 g/mol. The third-order valence-corrected chi connectivity index (χ3v) is 4.37. The highest BCUT2D eigenvalue weighted by Crippen LogP contribution is 2.32. The molecule has 0 saturated carbocycles. The van der Waals surface area contributed by atoms with Gasteiger partial charge in [-0.1, -0.05) is 29.8 Å². The zero-order valence-corrected chi connectivity index (χ0v) is 14.3. The molecule has 2 amide bonds. The predicted molar refractivity (Wildman–Crippen MR) is 91.0 cm³/mol. The number of hydrogen-bond donors (Lipinski definition) is 2. The molecule has 1 aliphatic rings. The Bertz CT molecular complexity index is 902. The van der Waals surface area contributed by atoms with Gasteiger partial charge in [0.15, 0.2) is 0 Å². The van der Waals surface area contributed by atoms with Gasteiger partial charge in [0.1, 0.15) is 5.82 Å². The van der Waals surface area contributed by atoms with E-state index in [4.69, 9.17) is 11.6 Å². The minimum atomic E-state index is -2.95. The maximum Gasteiger partial charge on any atom is 0.266 e. The summed E-state index contributed by atoms with van der Waals surface area (Å²) in [5, 5.41) is 5.43. The molecule has 4 nitrogen and oxygen atoms in total. The maximum atomic E-state index is 14.3. The molecule has 1 heterocycles. The van der Waals surface area contributed by atoms with Crippen molar-refractivity contribution in [1.29, 1.82) is 0 Å². The normalized spacial score (nSPS) is 14.2. The fraction of sp³-hybridized carbons (Fsp3) is 0.222. The molecule has 2 aromatic rings. The van der Waals surface area contributed by atoms with Crippen LogP contribution >= 0.6 is 11.6 Å². The number of hydrogen-bond acceptors (Lipinski definition) is 2. The molecule has 3 rings (SSSR count). The van der Waals surface area contributed by atoms with Gasteiger partial charge >= 0.3 is 0 Å². The lowest BCUT2D eigenvalue weighted by Crippen LogP contribution is -2.28. The minimum Gasteiger partial charge on any atom is -0.345 e. The number of alkyl halides is 2. The van der Waals surface area contributed by atoms with Gasteiger partial charge in [-0.25, -0.2) is 13.2 Å². The predicted octanol–water partition coefficient (Wildman–Crippen LogP) is 4.40. The van der Waals surface area contributed by atoms with E-state index < -0.39 is 29.8 Å². The second-order valence-electron chi connectivity index (χ2n) is 5.96. The van der Waals surface area contributed by atoms with Crippen molar-refractivity contribution < 1.29 is 22.8 Å². The molecule has 26 heavy (non-hydrogen) atoms. The second kappa shape index (κ2) is 6.99. The molecule has 0 radical (unpaired) electrons. The van der Waals surface area contributed by atoms with Crippen LogP contribution in [0.1, 0.15) is 46.4 Å². The molecule has 0 spiro atoms. The highest BCUT2D eigenvalue weighted by atomic mass is 35.5. The second-order valence-corrected chi connectivity index (χ2v) is 6.40. The highest BCUT2D eigenvalue weighted by molar-refractivity contribution is 6.31. The Morgan fingerprint density at radius 3 is 2.65 bits per heavy atom. The van der Waals surface area contributed by atoms with Crippen molar-refractivity contribution in [2.45, 2.75) is 25.8 Å². The third kappa shape index (κ3) is 3.39. The monoisotopic (exact) mass is 382 g/mol. The van der Waals surface area contributed by atoms with Gasteiger partial charge in [0.25, 0.3) is 12.3 Å². The van der Waals surface area contributed by atoms with Crippen LogP contribution in [0.5, 0.6) is 0 Å². The zero-order valence-electron chi connectivity index (χ0n) is 13.6. The Morgan fingerprint density at radius 2 is 1.96 bits per heavy atom. The Morgan fingerprint density at radius 1 is 1.27 bits per heavy atom. The van der Waals surface area contributed by atoms with Crippen LogP contribution in [0.2, 0.25) is 5.02 Å².